The van der Waals surface area contributed by atoms with Crippen molar-refractivity contribution in [3.8, 4) is 0 Å². The van der Waals surface area contributed by atoms with Crippen molar-refractivity contribution in [2.45, 2.75) is 31.6 Å². The van der Waals surface area contributed by atoms with Gasteiger partial charge in [-0.15, -0.1) is 0 Å². The standard InChI is InChI=1S/C8H11NO3/c1-5(10)8(11)9-6-2-3-7(4-6)12-9/h2-3,5-7,10H,4H2,1H3/t5-,6+,7-/m1/s1. The van der Waals surface area contributed by atoms with Crippen LogP contribution in [0.2, 0.25) is 0 Å². The van der Waals surface area contributed by atoms with Crippen LogP contribution in [-0.4, -0.2) is 34.3 Å². The van der Waals surface area contributed by atoms with Crippen LogP contribution in [0.3, 0.4) is 0 Å². The van der Waals surface area contributed by atoms with Gasteiger partial charge in [-0.1, -0.05) is 12.2 Å². The SMILES string of the molecule is C[C@@H](O)C(=O)N1O[C@@H]2C=C[C@H]1C2. The number of aliphatic hydroxyl groups is 1. The molecule has 1 fully saturated rings. The summed E-state index contributed by atoms with van der Waals surface area (Å²) in [4.78, 5) is 16.5. The minimum absolute atomic E-state index is 0.0390. The Bertz CT molecular complexity index is 236. The second-order valence-electron chi connectivity index (χ2n) is 3.17. The second kappa shape index (κ2) is 2.57. The predicted octanol–water partition coefficient (Wildman–Crippen LogP) is -0.162. The predicted molar refractivity (Wildman–Crippen MR) is 40.9 cm³/mol. The number of amides is 1. The molecule has 4 heteroatoms. The van der Waals surface area contributed by atoms with Crippen LogP contribution >= 0.6 is 0 Å². The lowest BCUT2D eigenvalue weighted by atomic mass is 10.2. The van der Waals surface area contributed by atoms with E-state index in [9.17, 15) is 4.79 Å². The summed E-state index contributed by atoms with van der Waals surface area (Å²) in [6.45, 7) is 1.45. The van der Waals surface area contributed by atoms with Gasteiger partial charge in [0.25, 0.3) is 5.91 Å². The molecular weight excluding hydrogens is 158 g/mol. The third-order valence-corrected chi connectivity index (χ3v) is 2.15. The highest BCUT2D eigenvalue weighted by atomic mass is 16.7. The van der Waals surface area contributed by atoms with Crippen molar-refractivity contribution in [3.63, 3.8) is 0 Å². The van der Waals surface area contributed by atoms with Crippen LogP contribution in [0.15, 0.2) is 12.2 Å². The van der Waals surface area contributed by atoms with Crippen molar-refractivity contribution in [1.82, 2.24) is 5.06 Å². The maximum absolute atomic E-state index is 11.3. The van der Waals surface area contributed by atoms with Gasteiger partial charge in [0.15, 0.2) is 0 Å². The van der Waals surface area contributed by atoms with Gasteiger partial charge in [0.1, 0.15) is 12.2 Å². The minimum atomic E-state index is -0.974. The Hall–Kier alpha value is -0.870. The maximum atomic E-state index is 11.3. The molecule has 3 atom stereocenters. The van der Waals surface area contributed by atoms with Crippen molar-refractivity contribution >= 4 is 5.91 Å². The van der Waals surface area contributed by atoms with Gasteiger partial charge in [-0.3, -0.25) is 9.63 Å². The molecule has 0 spiro atoms. The molecule has 0 aromatic rings. The van der Waals surface area contributed by atoms with E-state index in [0.717, 1.165) is 6.42 Å². The van der Waals surface area contributed by atoms with Gasteiger partial charge in [0.2, 0.25) is 0 Å². The zero-order chi connectivity index (χ0) is 8.72. The molecule has 1 aliphatic heterocycles. The molecule has 0 unspecified atom stereocenters. The largest absolute Gasteiger partial charge is 0.383 e. The third kappa shape index (κ3) is 1.04. The molecule has 1 amide bonds. The van der Waals surface area contributed by atoms with Gasteiger partial charge in [0.05, 0.1) is 6.04 Å². The maximum Gasteiger partial charge on any atom is 0.275 e. The van der Waals surface area contributed by atoms with Gasteiger partial charge in [-0.2, -0.15) is 0 Å². The number of aliphatic hydroxyl groups excluding tert-OH is 1. The van der Waals surface area contributed by atoms with Gasteiger partial charge in [0, 0.05) is 6.42 Å². The minimum Gasteiger partial charge on any atom is -0.383 e. The quantitative estimate of drug-likeness (QED) is 0.555. The number of fused-ring (bicyclic) bond motifs is 2. The van der Waals surface area contributed by atoms with E-state index >= 15 is 0 Å². The Balaban J connectivity index is 2.08. The molecule has 66 valence electrons. The first-order valence-electron chi connectivity index (χ1n) is 4.04. The van der Waals surface area contributed by atoms with Crippen molar-refractivity contribution in [2.24, 2.45) is 0 Å². The number of nitrogens with zero attached hydrogens (tertiary/aromatic N) is 1. The van der Waals surface area contributed by atoms with Crippen molar-refractivity contribution in [1.29, 1.82) is 0 Å². The van der Waals surface area contributed by atoms with Crippen molar-refractivity contribution in [2.75, 3.05) is 0 Å². The van der Waals surface area contributed by atoms with Crippen LogP contribution in [0, 0.1) is 0 Å². The summed E-state index contributed by atoms with van der Waals surface area (Å²) in [6, 6.07) is 0.0390. The smallest absolute Gasteiger partial charge is 0.275 e. The number of carbonyl (C=O) groups excluding carboxylic acids is 1. The molecule has 0 radical (unpaired) electrons. The highest BCUT2D eigenvalue weighted by Gasteiger charge is 2.39. The zero-order valence-corrected chi connectivity index (χ0v) is 6.80. The average molecular weight is 169 g/mol. The molecule has 0 aromatic heterocycles. The molecule has 1 saturated heterocycles. The van der Waals surface area contributed by atoms with Gasteiger partial charge < -0.3 is 5.11 Å². The van der Waals surface area contributed by atoms with E-state index in [1.165, 1.54) is 12.0 Å². The molecule has 0 aromatic carbocycles. The Labute approximate surface area is 70.4 Å². The van der Waals surface area contributed by atoms with E-state index in [2.05, 4.69) is 0 Å². The first kappa shape index (κ1) is 7.76. The normalized spacial score (nSPS) is 34.3. The van der Waals surface area contributed by atoms with Crippen LogP contribution in [0.4, 0.5) is 0 Å². The Morgan fingerprint density at radius 3 is 2.92 bits per heavy atom. The second-order valence-corrected chi connectivity index (χ2v) is 3.17. The van der Waals surface area contributed by atoms with E-state index in [-0.39, 0.29) is 18.1 Å². The zero-order valence-electron chi connectivity index (χ0n) is 6.80. The van der Waals surface area contributed by atoms with Gasteiger partial charge in [-0.25, -0.2) is 5.06 Å². The van der Waals surface area contributed by atoms with E-state index in [1.54, 1.807) is 0 Å². The van der Waals surface area contributed by atoms with Crippen LogP contribution in [0.1, 0.15) is 13.3 Å². The fourth-order valence-electron chi connectivity index (χ4n) is 1.52. The Kier molecular flexibility index (Phi) is 1.66. The lowest BCUT2D eigenvalue weighted by molar-refractivity contribution is -0.190. The molecule has 2 rings (SSSR count). The third-order valence-electron chi connectivity index (χ3n) is 2.15. The summed E-state index contributed by atoms with van der Waals surface area (Å²) in [7, 11) is 0. The molecule has 2 aliphatic rings. The summed E-state index contributed by atoms with van der Waals surface area (Å²) in [5, 5.41) is 10.3. The van der Waals surface area contributed by atoms with E-state index in [0.29, 0.717) is 0 Å². The summed E-state index contributed by atoms with van der Waals surface area (Å²) in [6.07, 6.45) is 3.78. The number of rotatable bonds is 1. The number of carbonyl (C=O) groups is 1. The van der Waals surface area contributed by atoms with E-state index in [1.807, 2.05) is 12.2 Å². The fraction of sp³-hybridized carbons (Fsp3) is 0.625. The first-order chi connectivity index (χ1) is 5.68. The molecular formula is C8H11NO3. The van der Waals surface area contributed by atoms with E-state index in [4.69, 9.17) is 9.94 Å². The number of hydrogen-bond acceptors (Lipinski definition) is 3. The summed E-state index contributed by atoms with van der Waals surface area (Å²) in [5.74, 6) is -0.355. The molecule has 12 heavy (non-hydrogen) atoms. The monoisotopic (exact) mass is 169 g/mol. The molecule has 2 bridgehead atoms. The van der Waals surface area contributed by atoms with Crippen LogP contribution in [-0.2, 0) is 9.63 Å². The summed E-state index contributed by atoms with van der Waals surface area (Å²) in [5.41, 5.74) is 0. The Morgan fingerprint density at radius 1 is 1.75 bits per heavy atom. The molecule has 1 heterocycles. The Morgan fingerprint density at radius 2 is 2.50 bits per heavy atom. The highest BCUT2D eigenvalue weighted by Crippen LogP contribution is 2.29. The first-order valence-corrected chi connectivity index (χ1v) is 4.04. The fourth-order valence-corrected chi connectivity index (χ4v) is 1.52. The average Bonchev–Trinajstić information content (AvgIpc) is 2.62. The van der Waals surface area contributed by atoms with Crippen LogP contribution in [0.25, 0.3) is 0 Å². The highest BCUT2D eigenvalue weighted by molar-refractivity contribution is 5.80. The molecule has 0 saturated carbocycles. The van der Waals surface area contributed by atoms with Gasteiger partial charge >= 0.3 is 0 Å². The summed E-state index contributed by atoms with van der Waals surface area (Å²) >= 11 is 0. The number of hydroxylamine groups is 2. The molecule has 1 aliphatic carbocycles. The van der Waals surface area contributed by atoms with Crippen LogP contribution < -0.4 is 0 Å². The lowest BCUT2D eigenvalue weighted by Gasteiger charge is -2.23. The van der Waals surface area contributed by atoms with E-state index < -0.39 is 6.10 Å². The summed E-state index contributed by atoms with van der Waals surface area (Å²) < 4.78 is 0. The van der Waals surface area contributed by atoms with Crippen molar-refractivity contribution in [3.05, 3.63) is 12.2 Å². The van der Waals surface area contributed by atoms with Crippen LogP contribution in [0.5, 0.6) is 0 Å². The van der Waals surface area contributed by atoms with Gasteiger partial charge in [-0.05, 0) is 6.92 Å². The molecule has 1 N–H and O–H groups in total. The molecule has 4 nitrogen and oxygen atoms in total. The number of hydrogen-bond donors (Lipinski definition) is 1. The lowest BCUT2D eigenvalue weighted by Crippen LogP contribution is -2.40. The topological polar surface area (TPSA) is 49.8 Å². The van der Waals surface area contributed by atoms with Crippen molar-refractivity contribution < 1.29 is 14.7 Å².